The van der Waals surface area contributed by atoms with E-state index in [0.717, 1.165) is 0 Å². The van der Waals surface area contributed by atoms with Crippen LogP contribution in [0.15, 0.2) is 24.3 Å². The van der Waals surface area contributed by atoms with Crippen LogP contribution in [0.4, 0.5) is 0 Å². The van der Waals surface area contributed by atoms with Crippen LogP contribution >= 0.6 is 0 Å². The summed E-state index contributed by atoms with van der Waals surface area (Å²) in [6.45, 7) is 17.5. The lowest BCUT2D eigenvalue weighted by molar-refractivity contribution is -0.116. The van der Waals surface area contributed by atoms with E-state index in [2.05, 4.69) is 13.2 Å². The van der Waals surface area contributed by atoms with Crippen LogP contribution in [0.25, 0.3) is 0 Å². The van der Waals surface area contributed by atoms with Gasteiger partial charge in [0.25, 0.3) is 0 Å². The first-order valence-corrected chi connectivity index (χ1v) is 4.93. The highest BCUT2D eigenvalue weighted by atomic mass is 16.1. The molecule has 0 fully saturated rings. The Morgan fingerprint density at radius 1 is 0.882 bits per heavy atom. The first kappa shape index (κ1) is 29.7. The number of hydrogen-bond donors (Lipinski definition) is 0. The highest BCUT2D eigenvalue weighted by Gasteiger charge is 1.85. The molecule has 0 saturated carbocycles. The second kappa shape index (κ2) is 20.3. The maximum absolute atomic E-state index is 10.0. The van der Waals surface area contributed by atoms with Gasteiger partial charge in [-0.1, -0.05) is 33.9 Å². The van der Waals surface area contributed by atoms with Crippen LogP contribution in [0, 0.1) is 0 Å². The Labute approximate surface area is 109 Å². The molecular formula is C15H32O2. The van der Waals surface area contributed by atoms with Crippen molar-refractivity contribution in [3.05, 3.63) is 24.3 Å². The topological polar surface area (TPSA) is 34.1 Å². The van der Waals surface area contributed by atoms with Crippen LogP contribution in [-0.2, 0) is 9.59 Å². The monoisotopic (exact) mass is 244 g/mol. The average molecular weight is 244 g/mol. The van der Waals surface area contributed by atoms with Crippen molar-refractivity contribution in [2.24, 2.45) is 0 Å². The zero-order valence-corrected chi connectivity index (χ0v) is 10.9. The number of carbonyl (C=O) groups excluding carboxylic acids is 2. The fourth-order valence-corrected chi connectivity index (χ4v) is 0. The summed E-state index contributed by atoms with van der Waals surface area (Å²) in [5, 5.41) is 0. The summed E-state index contributed by atoms with van der Waals surface area (Å²) in [5.41, 5.74) is 1.79. The van der Waals surface area contributed by atoms with Crippen LogP contribution < -0.4 is 0 Å². The fraction of sp³-hybridized carbons (Fsp3) is 0.600. The molecule has 0 aromatic rings. The lowest BCUT2D eigenvalue weighted by Gasteiger charge is -1.80. The molecule has 0 aromatic carbocycles. The van der Waals surface area contributed by atoms with Crippen molar-refractivity contribution in [3.8, 4) is 0 Å². The van der Waals surface area contributed by atoms with Crippen molar-refractivity contribution in [2.45, 2.75) is 62.8 Å². The molecule has 0 heterocycles. The molecule has 0 unspecified atom stereocenters. The lowest BCUT2D eigenvalue weighted by Crippen LogP contribution is -1.86. The van der Waals surface area contributed by atoms with Gasteiger partial charge < -0.3 is 4.79 Å². The number of Topliss-reactive ketones (excluding diaryl/α,β-unsaturated/α-hetero) is 2. The first-order valence-electron chi connectivity index (χ1n) is 4.93. The van der Waals surface area contributed by atoms with Gasteiger partial charge in [-0.15, -0.1) is 6.58 Å². The Kier molecular flexibility index (Phi) is 35.4. The zero-order valence-electron chi connectivity index (χ0n) is 10.9. The van der Waals surface area contributed by atoms with E-state index in [9.17, 15) is 9.59 Å². The molecular weight excluding hydrogens is 212 g/mol. The van der Waals surface area contributed by atoms with Gasteiger partial charge in [0, 0.05) is 6.42 Å². The molecule has 0 aliphatic carbocycles. The molecule has 0 rings (SSSR count). The molecule has 0 amide bonds. The smallest absolute Gasteiger partial charge is 0.154 e. The third-order valence-electron chi connectivity index (χ3n) is 1.10. The summed E-state index contributed by atoms with van der Waals surface area (Å²) < 4.78 is 0. The number of rotatable bonds is 2. The van der Waals surface area contributed by atoms with E-state index in [-0.39, 0.29) is 26.4 Å². The number of ketones is 2. The Balaban J connectivity index is -0.0000000407. The molecule has 17 heavy (non-hydrogen) atoms. The van der Waals surface area contributed by atoms with Crippen LogP contribution in [0.2, 0.25) is 0 Å². The maximum Gasteiger partial charge on any atom is 0.154 e. The fourth-order valence-electron chi connectivity index (χ4n) is 0. The van der Waals surface area contributed by atoms with Crippen molar-refractivity contribution in [1.29, 1.82) is 0 Å². The highest BCUT2D eigenvalue weighted by Crippen LogP contribution is 1.84. The second-order valence-corrected chi connectivity index (χ2v) is 3.60. The summed E-state index contributed by atoms with van der Waals surface area (Å²) in [4.78, 5) is 19.9. The van der Waals surface area contributed by atoms with Gasteiger partial charge in [-0.05, 0) is 40.2 Å². The Morgan fingerprint density at radius 3 is 1.00 bits per heavy atom. The maximum atomic E-state index is 10.0. The first-order chi connectivity index (χ1) is 6.64. The Hall–Kier alpha value is -1.18. The minimum absolute atomic E-state index is 0. The van der Waals surface area contributed by atoms with Gasteiger partial charge in [-0.25, -0.2) is 0 Å². The minimum Gasteiger partial charge on any atom is -0.300 e. The van der Waals surface area contributed by atoms with Crippen LogP contribution in [0.3, 0.4) is 0 Å². The van der Waals surface area contributed by atoms with Crippen molar-refractivity contribution in [1.82, 2.24) is 0 Å². The summed E-state index contributed by atoms with van der Waals surface area (Å²) in [7, 11) is 0. The van der Waals surface area contributed by atoms with Crippen molar-refractivity contribution in [3.63, 3.8) is 0 Å². The van der Waals surface area contributed by atoms with E-state index in [0.29, 0.717) is 12.0 Å². The molecule has 0 aromatic heterocycles. The molecule has 0 saturated heterocycles. The molecule has 2 heteroatoms. The Morgan fingerprint density at radius 2 is 1.00 bits per heavy atom. The van der Waals surface area contributed by atoms with Gasteiger partial charge in [0.2, 0.25) is 0 Å². The Bertz CT molecular complexity index is 209. The van der Waals surface area contributed by atoms with E-state index >= 15 is 0 Å². The second-order valence-electron chi connectivity index (χ2n) is 3.60. The van der Waals surface area contributed by atoms with Gasteiger partial charge in [0.15, 0.2) is 5.78 Å². The van der Waals surface area contributed by atoms with E-state index < -0.39 is 0 Å². The van der Waals surface area contributed by atoms with Gasteiger partial charge in [-0.3, -0.25) is 4.79 Å². The van der Waals surface area contributed by atoms with Gasteiger partial charge in [0.1, 0.15) is 5.78 Å². The van der Waals surface area contributed by atoms with Crippen molar-refractivity contribution < 1.29 is 9.59 Å². The predicted molar refractivity (Wildman–Crippen MR) is 80.4 cm³/mol. The van der Waals surface area contributed by atoms with E-state index in [1.165, 1.54) is 12.5 Å². The number of carbonyl (C=O) groups is 2. The van der Waals surface area contributed by atoms with Gasteiger partial charge >= 0.3 is 0 Å². The lowest BCUT2D eigenvalue weighted by atomic mass is 10.3. The predicted octanol–water partition coefficient (Wildman–Crippen LogP) is 4.99. The van der Waals surface area contributed by atoms with Gasteiger partial charge in [0.05, 0.1) is 0 Å². The molecule has 0 radical (unpaired) electrons. The number of hydrogen-bond acceptors (Lipinski definition) is 2. The normalized spacial score (nSPS) is 6.47. The summed E-state index contributed by atoms with van der Waals surface area (Å²) in [6.07, 6.45) is 0.667. The summed E-state index contributed by atoms with van der Waals surface area (Å²) in [6, 6.07) is 0. The highest BCUT2D eigenvalue weighted by molar-refractivity contribution is 5.91. The summed E-state index contributed by atoms with van der Waals surface area (Å²) in [5.74, 6) is 0.319. The molecule has 0 aliphatic heterocycles. The zero-order chi connectivity index (χ0) is 13.0. The van der Waals surface area contributed by atoms with E-state index in [1.807, 2.05) is 20.8 Å². The van der Waals surface area contributed by atoms with E-state index in [1.54, 1.807) is 13.8 Å². The molecule has 0 aliphatic rings. The third kappa shape index (κ3) is 105. The molecule has 0 atom stereocenters. The molecule has 0 N–H and O–H groups in total. The summed E-state index contributed by atoms with van der Waals surface area (Å²) >= 11 is 0. The third-order valence-corrected chi connectivity index (χ3v) is 1.10. The van der Waals surface area contributed by atoms with Crippen LogP contribution in [0.5, 0.6) is 0 Å². The minimum atomic E-state index is 0. The van der Waals surface area contributed by atoms with Crippen LogP contribution in [-0.4, -0.2) is 11.6 Å². The number of allylic oxidation sites excluding steroid dienone is 2. The van der Waals surface area contributed by atoms with Crippen molar-refractivity contribution >= 4 is 11.6 Å². The SMILES string of the molecule is C.C.C=C(C)C.C=C(C)C(C)=O.CCC(C)=O. The van der Waals surface area contributed by atoms with Crippen molar-refractivity contribution in [2.75, 3.05) is 0 Å². The average Bonchev–Trinajstić information content (AvgIpc) is 2.04. The standard InChI is InChI=1S/C5H8O.C4H8O.C4H8.2CH4/c1-4(2)5(3)6;1-3-4(2)5;1-4(2)3;;/h1H2,2-3H3;3H2,1-2H3;1H2,2-3H3;2*1H4. The van der Waals surface area contributed by atoms with Gasteiger partial charge in [-0.2, -0.15) is 0 Å². The molecule has 0 bridgehead atoms. The van der Waals surface area contributed by atoms with E-state index in [4.69, 9.17) is 0 Å². The quantitative estimate of drug-likeness (QED) is 0.506. The molecule has 104 valence electrons. The molecule has 2 nitrogen and oxygen atoms in total. The molecule has 0 spiro atoms. The van der Waals surface area contributed by atoms with Crippen LogP contribution in [0.1, 0.15) is 62.8 Å². The largest absolute Gasteiger partial charge is 0.300 e.